The lowest BCUT2D eigenvalue weighted by Gasteiger charge is -2.54. The van der Waals surface area contributed by atoms with E-state index in [0.29, 0.717) is 5.92 Å². The van der Waals surface area contributed by atoms with Gasteiger partial charge in [-0.1, -0.05) is 13.8 Å². The van der Waals surface area contributed by atoms with E-state index in [2.05, 4.69) is 19.2 Å². The molecule has 1 aliphatic carbocycles. The van der Waals surface area contributed by atoms with Crippen molar-refractivity contribution in [3.8, 4) is 0 Å². The molecule has 1 aliphatic heterocycles. The van der Waals surface area contributed by atoms with Crippen molar-refractivity contribution in [2.75, 3.05) is 20.3 Å². The second-order valence-corrected chi connectivity index (χ2v) is 5.61. The Morgan fingerprint density at radius 3 is 2.89 bits per heavy atom. The molecule has 1 saturated carbocycles. The Morgan fingerprint density at radius 1 is 1.61 bits per heavy atom. The summed E-state index contributed by atoms with van der Waals surface area (Å²) in [4.78, 5) is 11.9. The molecule has 1 saturated heterocycles. The molecular formula is C12H23ClN2O3. The third-order valence-corrected chi connectivity index (χ3v) is 4.08. The molecule has 18 heavy (non-hydrogen) atoms. The lowest BCUT2D eigenvalue weighted by Crippen LogP contribution is -2.68. The Bertz CT molecular complexity index is 312. The van der Waals surface area contributed by atoms with Crippen LogP contribution < -0.4 is 11.1 Å². The van der Waals surface area contributed by atoms with Crippen LogP contribution in [0.2, 0.25) is 0 Å². The van der Waals surface area contributed by atoms with E-state index < -0.39 is 6.04 Å². The van der Waals surface area contributed by atoms with E-state index in [4.69, 9.17) is 15.2 Å². The fourth-order valence-corrected chi connectivity index (χ4v) is 3.13. The maximum Gasteiger partial charge on any atom is 0.239 e. The van der Waals surface area contributed by atoms with Crippen LogP contribution in [0.3, 0.4) is 0 Å². The molecule has 2 rings (SSSR count). The Kier molecular flexibility index (Phi) is 5.00. The number of nitrogens with one attached hydrogen (secondary N) is 1. The van der Waals surface area contributed by atoms with E-state index >= 15 is 0 Å². The normalized spacial score (nSPS) is 33.9. The van der Waals surface area contributed by atoms with Crippen molar-refractivity contribution >= 4 is 18.3 Å². The summed E-state index contributed by atoms with van der Waals surface area (Å²) in [6, 6.07) is -0.414. The Balaban J connectivity index is 0.00000162. The smallest absolute Gasteiger partial charge is 0.239 e. The number of halogens is 1. The van der Waals surface area contributed by atoms with Crippen molar-refractivity contribution in [3.05, 3.63) is 0 Å². The second-order valence-electron chi connectivity index (χ2n) is 5.61. The number of rotatable bonds is 4. The van der Waals surface area contributed by atoms with Gasteiger partial charge in [-0.2, -0.15) is 0 Å². The van der Waals surface area contributed by atoms with Gasteiger partial charge in [0.05, 0.1) is 12.7 Å². The number of ether oxygens (including phenoxy) is 2. The van der Waals surface area contributed by atoms with Gasteiger partial charge in [0.15, 0.2) is 0 Å². The third kappa shape index (κ3) is 2.50. The van der Waals surface area contributed by atoms with Crippen LogP contribution in [0, 0.1) is 11.3 Å². The first kappa shape index (κ1) is 15.7. The number of fused-ring (bicyclic) bond motifs is 1. The van der Waals surface area contributed by atoms with Gasteiger partial charge in [0.25, 0.3) is 0 Å². The highest BCUT2D eigenvalue weighted by Gasteiger charge is 2.59. The average Bonchev–Trinajstić information content (AvgIpc) is 2.72. The van der Waals surface area contributed by atoms with Crippen LogP contribution >= 0.6 is 12.4 Å². The van der Waals surface area contributed by atoms with Gasteiger partial charge in [-0.15, -0.1) is 12.4 Å². The third-order valence-electron chi connectivity index (χ3n) is 4.08. The number of hydrogen-bond acceptors (Lipinski definition) is 4. The van der Waals surface area contributed by atoms with Gasteiger partial charge in [0.1, 0.15) is 6.04 Å². The van der Waals surface area contributed by atoms with Gasteiger partial charge in [-0.25, -0.2) is 0 Å². The molecule has 0 aromatic rings. The van der Waals surface area contributed by atoms with E-state index in [-0.39, 0.29) is 42.5 Å². The van der Waals surface area contributed by atoms with Crippen molar-refractivity contribution in [2.24, 2.45) is 17.1 Å². The SMILES string of the molecule is COCC(N)C(=O)NC1C2CCOC2C1(C)C.Cl. The largest absolute Gasteiger partial charge is 0.383 e. The molecule has 0 radical (unpaired) electrons. The molecule has 0 aromatic heterocycles. The topological polar surface area (TPSA) is 73.6 Å². The summed E-state index contributed by atoms with van der Waals surface area (Å²) in [7, 11) is 1.54. The highest BCUT2D eigenvalue weighted by molar-refractivity contribution is 5.85. The highest BCUT2D eigenvalue weighted by atomic mass is 35.5. The second kappa shape index (κ2) is 5.74. The Morgan fingerprint density at radius 2 is 2.28 bits per heavy atom. The minimum absolute atomic E-state index is 0. The molecule has 106 valence electrons. The van der Waals surface area contributed by atoms with Gasteiger partial charge in [0, 0.05) is 31.1 Å². The molecule has 2 aliphatic rings. The van der Waals surface area contributed by atoms with Crippen molar-refractivity contribution < 1.29 is 14.3 Å². The number of methoxy groups -OCH3 is 1. The lowest BCUT2D eigenvalue weighted by atomic mass is 9.57. The van der Waals surface area contributed by atoms with E-state index in [0.717, 1.165) is 13.0 Å². The molecule has 4 atom stereocenters. The summed E-state index contributed by atoms with van der Waals surface area (Å²) in [5, 5.41) is 3.04. The van der Waals surface area contributed by atoms with Crippen molar-refractivity contribution in [1.82, 2.24) is 5.32 Å². The maximum atomic E-state index is 11.9. The molecule has 1 amide bonds. The number of nitrogens with two attached hydrogens (primary N) is 1. The van der Waals surface area contributed by atoms with Gasteiger partial charge < -0.3 is 20.5 Å². The molecule has 4 unspecified atom stereocenters. The molecule has 6 heteroatoms. The lowest BCUT2D eigenvalue weighted by molar-refractivity contribution is -0.139. The molecular weight excluding hydrogens is 256 g/mol. The zero-order chi connectivity index (χ0) is 12.6. The highest BCUT2D eigenvalue weighted by Crippen LogP contribution is 2.52. The van der Waals surface area contributed by atoms with Crippen molar-refractivity contribution in [3.63, 3.8) is 0 Å². The zero-order valence-electron chi connectivity index (χ0n) is 11.1. The zero-order valence-corrected chi connectivity index (χ0v) is 12.0. The average molecular weight is 279 g/mol. The van der Waals surface area contributed by atoms with E-state index in [1.54, 1.807) is 7.11 Å². The van der Waals surface area contributed by atoms with Crippen LogP contribution in [-0.2, 0) is 14.3 Å². The van der Waals surface area contributed by atoms with Gasteiger partial charge in [-0.3, -0.25) is 4.79 Å². The molecule has 0 spiro atoms. The molecule has 2 fully saturated rings. The van der Waals surface area contributed by atoms with Crippen molar-refractivity contribution in [1.29, 1.82) is 0 Å². The fraction of sp³-hybridized carbons (Fsp3) is 0.917. The first-order valence-electron chi connectivity index (χ1n) is 6.15. The standard InChI is InChI=1S/C12H22N2O3.ClH/c1-12(2)9(7-4-5-17-10(7)12)14-11(15)8(13)6-16-3;/h7-10H,4-6,13H2,1-3H3,(H,14,15);1H. The number of amides is 1. The molecule has 0 aromatic carbocycles. The maximum absolute atomic E-state index is 11.9. The predicted octanol–water partition coefficient (Wildman–Crippen LogP) is 0.312. The number of hydrogen-bond donors (Lipinski definition) is 2. The van der Waals surface area contributed by atoms with Gasteiger partial charge in [0.2, 0.25) is 5.91 Å². The quantitative estimate of drug-likeness (QED) is 0.776. The van der Waals surface area contributed by atoms with Crippen LogP contribution in [0.1, 0.15) is 20.3 Å². The summed E-state index contributed by atoms with van der Waals surface area (Å²) >= 11 is 0. The summed E-state index contributed by atoms with van der Waals surface area (Å²) in [5.41, 5.74) is 5.72. The predicted molar refractivity (Wildman–Crippen MR) is 70.7 cm³/mol. The van der Waals surface area contributed by atoms with Crippen LogP contribution in [0.4, 0.5) is 0 Å². The monoisotopic (exact) mass is 278 g/mol. The van der Waals surface area contributed by atoms with Gasteiger partial charge in [-0.05, 0) is 6.42 Å². The van der Waals surface area contributed by atoms with Gasteiger partial charge >= 0.3 is 0 Å². The van der Waals surface area contributed by atoms with Crippen LogP contribution in [0.5, 0.6) is 0 Å². The first-order chi connectivity index (χ1) is 7.98. The van der Waals surface area contributed by atoms with E-state index in [9.17, 15) is 4.79 Å². The Labute approximate surface area is 114 Å². The summed E-state index contributed by atoms with van der Waals surface area (Å²) < 4.78 is 10.6. The van der Waals surface area contributed by atoms with Crippen LogP contribution in [-0.4, -0.2) is 44.4 Å². The minimum Gasteiger partial charge on any atom is -0.383 e. The number of carbonyl (C=O) groups excluding carboxylic acids is 1. The fourth-order valence-electron chi connectivity index (χ4n) is 3.13. The van der Waals surface area contributed by atoms with Crippen LogP contribution in [0.15, 0.2) is 0 Å². The molecule has 1 heterocycles. The van der Waals surface area contributed by atoms with Crippen LogP contribution in [0.25, 0.3) is 0 Å². The minimum atomic E-state index is -0.586. The van der Waals surface area contributed by atoms with Crippen molar-refractivity contribution in [2.45, 2.75) is 38.5 Å². The van der Waals surface area contributed by atoms with E-state index in [1.807, 2.05) is 0 Å². The first-order valence-corrected chi connectivity index (χ1v) is 6.15. The summed E-state index contributed by atoms with van der Waals surface area (Å²) in [5.74, 6) is 0.318. The Hall–Kier alpha value is -0.360. The summed E-state index contributed by atoms with van der Waals surface area (Å²) in [6.07, 6.45) is 1.31. The summed E-state index contributed by atoms with van der Waals surface area (Å²) in [6.45, 7) is 5.32. The molecule has 0 bridgehead atoms. The molecule has 5 nitrogen and oxygen atoms in total. The molecule has 3 N–H and O–H groups in total. The van der Waals surface area contributed by atoms with E-state index in [1.165, 1.54) is 0 Å². The number of carbonyl (C=O) groups is 1.